The molecule has 0 aliphatic heterocycles. The minimum atomic E-state index is -0.270. The molecule has 0 saturated heterocycles. The number of rotatable bonds is 4. The first-order valence-corrected chi connectivity index (χ1v) is 9.93. The monoisotopic (exact) mass is 436 g/mol. The van der Waals surface area contributed by atoms with Crippen molar-refractivity contribution in [2.24, 2.45) is 7.05 Å². The lowest BCUT2D eigenvalue weighted by molar-refractivity contribution is 0.102. The van der Waals surface area contributed by atoms with Crippen LogP contribution in [-0.4, -0.2) is 15.5 Å². The van der Waals surface area contributed by atoms with Crippen molar-refractivity contribution < 1.29 is 4.79 Å². The molecule has 0 aliphatic carbocycles. The van der Waals surface area contributed by atoms with E-state index in [1.807, 2.05) is 54.2 Å². The zero-order valence-corrected chi connectivity index (χ0v) is 17.6. The van der Waals surface area contributed by atoms with Crippen LogP contribution in [0, 0.1) is 0 Å². The molecule has 0 aliphatic rings. The molecule has 4 aromatic rings. The molecule has 0 unspecified atom stereocenters. The Kier molecular flexibility index (Phi) is 5.48. The first kappa shape index (κ1) is 20.0. The molecule has 0 spiro atoms. The summed E-state index contributed by atoms with van der Waals surface area (Å²) in [5.74, 6) is 0.502. The Morgan fingerprint density at radius 3 is 2.50 bits per heavy atom. The normalized spacial score (nSPS) is 10.8. The molecule has 1 aromatic heterocycles. The van der Waals surface area contributed by atoms with Crippen molar-refractivity contribution >= 4 is 40.5 Å². The topological polar surface area (TPSA) is 72.9 Å². The molecule has 30 heavy (non-hydrogen) atoms. The second kappa shape index (κ2) is 8.22. The smallest absolute Gasteiger partial charge is 0.255 e. The minimum Gasteiger partial charge on any atom is -0.397 e. The van der Waals surface area contributed by atoms with Gasteiger partial charge in [0.05, 0.1) is 22.1 Å². The fourth-order valence-corrected chi connectivity index (χ4v) is 3.51. The van der Waals surface area contributed by atoms with Gasteiger partial charge in [-0.2, -0.15) is 0 Å². The fraction of sp³-hybridized carbons (Fsp3) is 0.0435. The number of hydrogen-bond donors (Lipinski definition) is 2. The van der Waals surface area contributed by atoms with Gasteiger partial charge in [-0.15, -0.1) is 0 Å². The number of hydrogen-bond acceptors (Lipinski definition) is 3. The lowest BCUT2D eigenvalue weighted by atomic mass is 10.1. The molecular weight excluding hydrogens is 419 g/mol. The summed E-state index contributed by atoms with van der Waals surface area (Å²) in [6, 6.07) is 19.7. The van der Waals surface area contributed by atoms with E-state index in [9.17, 15) is 4.79 Å². The van der Waals surface area contributed by atoms with Gasteiger partial charge in [0.15, 0.2) is 0 Å². The number of nitrogens with two attached hydrogens (primary N) is 1. The van der Waals surface area contributed by atoms with Crippen molar-refractivity contribution in [3.05, 3.63) is 88.5 Å². The van der Waals surface area contributed by atoms with E-state index in [0.717, 1.165) is 22.6 Å². The maximum absolute atomic E-state index is 12.6. The minimum absolute atomic E-state index is 0.270. The van der Waals surface area contributed by atoms with Crippen LogP contribution in [0.1, 0.15) is 10.4 Å². The summed E-state index contributed by atoms with van der Waals surface area (Å²) in [6.07, 6.45) is 1.93. The number of anilines is 2. The summed E-state index contributed by atoms with van der Waals surface area (Å²) in [5, 5.41) is 3.93. The van der Waals surface area contributed by atoms with E-state index in [2.05, 4.69) is 5.32 Å². The highest BCUT2D eigenvalue weighted by Gasteiger charge is 2.13. The molecule has 3 aromatic carbocycles. The predicted octanol–water partition coefficient (Wildman–Crippen LogP) is 5.90. The van der Waals surface area contributed by atoms with Crippen LogP contribution in [0.4, 0.5) is 11.4 Å². The summed E-state index contributed by atoms with van der Waals surface area (Å²) < 4.78 is 1.93. The van der Waals surface area contributed by atoms with Crippen molar-refractivity contribution in [1.82, 2.24) is 9.55 Å². The third-order valence-corrected chi connectivity index (χ3v) is 5.26. The van der Waals surface area contributed by atoms with Gasteiger partial charge in [-0.3, -0.25) is 4.79 Å². The Hall–Kier alpha value is -3.28. The second-order valence-corrected chi connectivity index (χ2v) is 7.65. The number of nitrogen functional groups attached to an aromatic ring is 1. The number of benzene rings is 3. The van der Waals surface area contributed by atoms with Crippen LogP contribution >= 0.6 is 23.2 Å². The molecule has 1 heterocycles. The molecule has 150 valence electrons. The zero-order valence-electron chi connectivity index (χ0n) is 16.1. The number of aryl methyl sites for hydroxylation is 1. The predicted molar refractivity (Wildman–Crippen MR) is 123 cm³/mol. The first-order valence-electron chi connectivity index (χ1n) is 9.17. The standard InChI is InChI=1S/C23H18Cl2N4O/c1-29-13-21(27-22(29)17-4-2-3-5-18(17)25)14-6-8-15(9-7-14)23(30)28-20-12-16(24)10-11-19(20)26/h2-13H,26H2,1H3,(H,28,30). The van der Waals surface area contributed by atoms with E-state index >= 15 is 0 Å². The van der Waals surface area contributed by atoms with E-state index in [4.69, 9.17) is 33.9 Å². The van der Waals surface area contributed by atoms with Crippen LogP contribution in [0.5, 0.6) is 0 Å². The summed E-state index contributed by atoms with van der Waals surface area (Å²) in [6.45, 7) is 0. The summed E-state index contributed by atoms with van der Waals surface area (Å²) in [4.78, 5) is 17.3. The SMILES string of the molecule is Cn1cc(-c2ccc(C(=O)Nc3cc(Cl)ccc3N)cc2)nc1-c1ccccc1Cl. The maximum Gasteiger partial charge on any atom is 0.255 e. The first-order chi connectivity index (χ1) is 14.4. The van der Waals surface area contributed by atoms with Crippen LogP contribution in [0.3, 0.4) is 0 Å². The highest BCUT2D eigenvalue weighted by Crippen LogP contribution is 2.29. The highest BCUT2D eigenvalue weighted by molar-refractivity contribution is 6.33. The quantitative estimate of drug-likeness (QED) is 0.391. The summed E-state index contributed by atoms with van der Waals surface area (Å²) in [7, 11) is 1.92. The number of aromatic nitrogens is 2. The number of nitrogens with one attached hydrogen (secondary N) is 1. The van der Waals surface area contributed by atoms with E-state index in [-0.39, 0.29) is 5.91 Å². The molecule has 7 heteroatoms. The molecule has 0 bridgehead atoms. The van der Waals surface area contributed by atoms with Gasteiger partial charge in [0.1, 0.15) is 5.82 Å². The van der Waals surface area contributed by atoms with Crippen LogP contribution in [0.2, 0.25) is 10.0 Å². The number of carbonyl (C=O) groups is 1. The van der Waals surface area contributed by atoms with Gasteiger partial charge in [-0.05, 0) is 42.5 Å². The number of amides is 1. The Balaban J connectivity index is 1.57. The molecule has 0 fully saturated rings. The van der Waals surface area contributed by atoms with E-state index < -0.39 is 0 Å². The number of imidazole rings is 1. The van der Waals surface area contributed by atoms with Crippen LogP contribution < -0.4 is 11.1 Å². The second-order valence-electron chi connectivity index (χ2n) is 6.80. The third-order valence-electron chi connectivity index (χ3n) is 4.70. The molecule has 5 nitrogen and oxygen atoms in total. The third kappa shape index (κ3) is 4.03. The van der Waals surface area contributed by atoms with Gasteiger partial charge in [0, 0.05) is 35.0 Å². The van der Waals surface area contributed by atoms with Crippen LogP contribution in [0.15, 0.2) is 72.9 Å². The van der Waals surface area contributed by atoms with Crippen LogP contribution in [0.25, 0.3) is 22.6 Å². The van der Waals surface area contributed by atoms with Crippen LogP contribution in [-0.2, 0) is 7.05 Å². The largest absolute Gasteiger partial charge is 0.397 e. The maximum atomic E-state index is 12.6. The van der Waals surface area contributed by atoms with Gasteiger partial charge < -0.3 is 15.6 Å². The summed E-state index contributed by atoms with van der Waals surface area (Å²) in [5.41, 5.74) is 9.87. The number of halogens is 2. The van der Waals surface area contributed by atoms with Gasteiger partial charge in [0.25, 0.3) is 5.91 Å². The van der Waals surface area contributed by atoms with E-state index in [1.54, 1.807) is 30.3 Å². The molecule has 4 rings (SSSR count). The fourth-order valence-electron chi connectivity index (χ4n) is 3.12. The van der Waals surface area contributed by atoms with Crippen molar-refractivity contribution in [3.8, 4) is 22.6 Å². The number of nitrogens with zero attached hydrogens (tertiary/aromatic N) is 2. The molecule has 0 saturated carbocycles. The average Bonchev–Trinajstić information content (AvgIpc) is 3.12. The van der Waals surface area contributed by atoms with Gasteiger partial charge >= 0.3 is 0 Å². The van der Waals surface area contributed by atoms with Gasteiger partial charge in [-0.1, -0.05) is 47.5 Å². The van der Waals surface area contributed by atoms with E-state index in [1.165, 1.54) is 0 Å². The highest BCUT2D eigenvalue weighted by atomic mass is 35.5. The Morgan fingerprint density at radius 1 is 1.03 bits per heavy atom. The molecule has 0 radical (unpaired) electrons. The van der Waals surface area contributed by atoms with Gasteiger partial charge in [-0.25, -0.2) is 4.98 Å². The van der Waals surface area contributed by atoms with E-state index in [0.29, 0.717) is 27.0 Å². The molecule has 0 atom stereocenters. The molecule has 3 N–H and O–H groups in total. The van der Waals surface area contributed by atoms with Crippen molar-refractivity contribution in [3.63, 3.8) is 0 Å². The molecular formula is C23H18Cl2N4O. The van der Waals surface area contributed by atoms with Crippen molar-refractivity contribution in [1.29, 1.82) is 0 Å². The average molecular weight is 437 g/mol. The Bertz CT molecular complexity index is 1230. The zero-order chi connectivity index (χ0) is 21.3. The lowest BCUT2D eigenvalue weighted by Gasteiger charge is -2.09. The molecule has 1 amide bonds. The van der Waals surface area contributed by atoms with Crippen molar-refractivity contribution in [2.75, 3.05) is 11.1 Å². The van der Waals surface area contributed by atoms with Crippen molar-refractivity contribution in [2.45, 2.75) is 0 Å². The lowest BCUT2D eigenvalue weighted by Crippen LogP contribution is -2.13. The Morgan fingerprint density at radius 2 is 1.77 bits per heavy atom. The van der Waals surface area contributed by atoms with Gasteiger partial charge in [0.2, 0.25) is 0 Å². The number of carbonyl (C=O) groups excluding carboxylic acids is 1. The Labute approximate surface area is 184 Å². The summed E-state index contributed by atoms with van der Waals surface area (Å²) >= 11 is 12.3.